The van der Waals surface area contributed by atoms with Gasteiger partial charge in [0.2, 0.25) is 0 Å². The average molecular weight is 375 g/mol. The molecule has 0 amide bonds. The van der Waals surface area contributed by atoms with Gasteiger partial charge in [-0.1, -0.05) is 42.5 Å². The van der Waals surface area contributed by atoms with Crippen molar-refractivity contribution in [2.75, 3.05) is 5.32 Å². The Morgan fingerprint density at radius 1 is 1.07 bits per heavy atom. The third-order valence-electron chi connectivity index (χ3n) is 5.42. The van der Waals surface area contributed by atoms with Crippen LogP contribution in [0.25, 0.3) is 0 Å². The summed E-state index contributed by atoms with van der Waals surface area (Å²) in [6.45, 7) is 0. The Labute approximate surface area is 159 Å². The number of rotatable bonds is 3. The molecule has 3 aromatic rings. The van der Waals surface area contributed by atoms with Crippen molar-refractivity contribution < 1.29 is 9.90 Å². The van der Waals surface area contributed by atoms with Crippen molar-refractivity contribution in [3.8, 4) is 0 Å². The molecule has 0 saturated heterocycles. The third-order valence-corrected chi connectivity index (χ3v) is 5.42. The molecule has 8 heteroatoms. The molecule has 28 heavy (non-hydrogen) atoms. The van der Waals surface area contributed by atoms with Gasteiger partial charge in [-0.15, -0.1) is 5.11 Å². The molecule has 1 aliphatic heterocycles. The molecule has 1 aromatic heterocycles. The second-order valence-corrected chi connectivity index (χ2v) is 7.02. The number of carboxylic acids is 1. The number of nitrogens with zero attached hydrogens (tertiary/aromatic N) is 3. The molecular weight excluding hydrogens is 358 g/mol. The quantitative estimate of drug-likeness (QED) is 0.610. The second-order valence-electron chi connectivity index (χ2n) is 7.02. The van der Waals surface area contributed by atoms with Gasteiger partial charge in [-0.3, -0.25) is 14.6 Å². The SMILES string of the molecule is O=C(O)C1Nc2c(N=Nc3ccccc3)c(=O)[nH]n2C2c3ccccc3CC12. The highest BCUT2D eigenvalue weighted by molar-refractivity contribution is 5.80. The van der Waals surface area contributed by atoms with Crippen LogP contribution in [-0.2, 0) is 11.2 Å². The van der Waals surface area contributed by atoms with Crippen LogP contribution < -0.4 is 10.9 Å². The number of H-pyrrole nitrogens is 1. The van der Waals surface area contributed by atoms with E-state index < -0.39 is 17.6 Å². The Kier molecular flexibility index (Phi) is 3.65. The van der Waals surface area contributed by atoms with E-state index in [1.54, 1.807) is 16.8 Å². The number of azo groups is 1. The minimum absolute atomic E-state index is 0.0814. The molecule has 0 fully saturated rings. The van der Waals surface area contributed by atoms with Crippen LogP contribution >= 0.6 is 0 Å². The van der Waals surface area contributed by atoms with Crippen LogP contribution in [0.2, 0.25) is 0 Å². The number of aromatic nitrogens is 2. The zero-order valence-corrected chi connectivity index (χ0v) is 14.7. The van der Waals surface area contributed by atoms with Gasteiger partial charge in [0.05, 0.1) is 11.7 Å². The maximum atomic E-state index is 12.6. The first-order valence-electron chi connectivity index (χ1n) is 9.02. The normalized spacial score (nSPS) is 22.4. The van der Waals surface area contributed by atoms with E-state index in [4.69, 9.17) is 0 Å². The van der Waals surface area contributed by atoms with Gasteiger partial charge >= 0.3 is 5.97 Å². The maximum absolute atomic E-state index is 12.6. The predicted molar refractivity (Wildman–Crippen MR) is 102 cm³/mol. The van der Waals surface area contributed by atoms with E-state index in [1.807, 2.05) is 42.5 Å². The molecule has 3 unspecified atom stereocenters. The number of benzene rings is 2. The fourth-order valence-electron chi connectivity index (χ4n) is 4.22. The summed E-state index contributed by atoms with van der Waals surface area (Å²) in [6, 6.07) is 15.8. The molecule has 5 rings (SSSR count). The van der Waals surface area contributed by atoms with Crippen molar-refractivity contribution >= 4 is 23.2 Å². The van der Waals surface area contributed by atoms with Crippen LogP contribution in [0.4, 0.5) is 17.2 Å². The van der Waals surface area contributed by atoms with Crippen molar-refractivity contribution in [2.45, 2.75) is 18.5 Å². The van der Waals surface area contributed by atoms with Gasteiger partial charge in [-0.25, -0.2) is 4.79 Å². The van der Waals surface area contributed by atoms with Gasteiger partial charge in [-0.2, -0.15) is 5.11 Å². The average Bonchev–Trinajstić information content (AvgIpc) is 3.23. The summed E-state index contributed by atoms with van der Waals surface area (Å²) in [4.78, 5) is 24.5. The van der Waals surface area contributed by atoms with E-state index >= 15 is 0 Å². The van der Waals surface area contributed by atoms with Crippen LogP contribution in [0.3, 0.4) is 0 Å². The first-order valence-corrected chi connectivity index (χ1v) is 9.02. The van der Waals surface area contributed by atoms with Crippen molar-refractivity contribution in [1.29, 1.82) is 0 Å². The second kappa shape index (κ2) is 6.19. The number of aliphatic carboxylic acids is 1. The topological polar surface area (TPSA) is 112 Å². The summed E-state index contributed by atoms with van der Waals surface area (Å²) >= 11 is 0. The molecule has 140 valence electrons. The lowest BCUT2D eigenvalue weighted by atomic mass is 9.90. The van der Waals surface area contributed by atoms with Crippen LogP contribution in [0.5, 0.6) is 0 Å². The van der Waals surface area contributed by atoms with E-state index in [-0.39, 0.29) is 17.6 Å². The molecule has 1 aliphatic carbocycles. The molecule has 2 heterocycles. The number of hydrogen-bond acceptors (Lipinski definition) is 5. The maximum Gasteiger partial charge on any atom is 0.326 e. The van der Waals surface area contributed by atoms with E-state index in [0.29, 0.717) is 17.9 Å². The smallest absolute Gasteiger partial charge is 0.326 e. The lowest BCUT2D eigenvalue weighted by molar-refractivity contribution is -0.139. The van der Waals surface area contributed by atoms with Crippen LogP contribution in [0, 0.1) is 5.92 Å². The minimum Gasteiger partial charge on any atom is -0.480 e. The number of nitrogens with one attached hydrogen (secondary N) is 2. The highest BCUT2D eigenvalue weighted by Crippen LogP contribution is 2.46. The third kappa shape index (κ3) is 2.45. The summed E-state index contributed by atoms with van der Waals surface area (Å²) in [5.74, 6) is -0.798. The first kappa shape index (κ1) is 16.5. The number of carbonyl (C=O) groups is 1. The molecule has 2 aliphatic rings. The van der Waals surface area contributed by atoms with Gasteiger partial charge in [0, 0.05) is 5.92 Å². The molecule has 0 saturated carbocycles. The van der Waals surface area contributed by atoms with Crippen molar-refractivity contribution in [2.24, 2.45) is 16.1 Å². The van der Waals surface area contributed by atoms with Gasteiger partial charge in [0.25, 0.3) is 5.56 Å². The summed E-state index contributed by atoms with van der Waals surface area (Å²) in [5.41, 5.74) is 2.41. The van der Waals surface area contributed by atoms with Crippen molar-refractivity contribution in [1.82, 2.24) is 9.78 Å². The first-order chi connectivity index (χ1) is 13.6. The fraction of sp³-hybridized carbons (Fsp3) is 0.200. The Morgan fingerprint density at radius 3 is 2.61 bits per heavy atom. The molecule has 0 bridgehead atoms. The molecule has 2 aromatic carbocycles. The molecule has 3 atom stereocenters. The van der Waals surface area contributed by atoms with Crippen molar-refractivity contribution in [3.05, 3.63) is 76.1 Å². The Bertz CT molecular complexity index is 1150. The van der Waals surface area contributed by atoms with Gasteiger partial charge in [0.15, 0.2) is 11.5 Å². The van der Waals surface area contributed by atoms with Crippen LogP contribution in [-0.4, -0.2) is 26.9 Å². The molecule has 3 N–H and O–H groups in total. The largest absolute Gasteiger partial charge is 0.480 e. The number of hydrogen-bond donors (Lipinski definition) is 3. The van der Waals surface area contributed by atoms with Crippen LogP contribution in [0.15, 0.2) is 69.6 Å². The monoisotopic (exact) mass is 375 g/mol. The zero-order valence-electron chi connectivity index (χ0n) is 14.7. The zero-order chi connectivity index (χ0) is 19.3. The standard InChI is InChI=1S/C20H17N5O3/c26-19-16(23-22-12-7-2-1-3-8-12)18-21-15(20(27)28)14-10-11-6-4-5-9-13(11)17(14)25(18)24-19/h1-9,14-15,17,21H,10H2,(H,24,26)(H,27,28). The Morgan fingerprint density at radius 2 is 1.82 bits per heavy atom. The number of fused-ring (bicyclic) bond motifs is 5. The Balaban J connectivity index is 1.64. The predicted octanol–water partition coefficient (Wildman–Crippen LogP) is 3.23. The highest BCUT2D eigenvalue weighted by atomic mass is 16.4. The summed E-state index contributed by atoms with van der Waals surface area (Å²) < 4.78 is 1.71. The van der Waals surface area contributed by atoms with Gasteiger partial charge in [-0.05, 0) is 29.7 Å². The fourth-order valence-corrected chi connectivity index (χ4v) is 4.22. The summed E-state index contributed by atoms with van der Waals surface area (Å²) in [6.07, 6.45) is 0.630. The molecular formula is C20H17N5O3. The van der Waals surface area contributed by atoms with E-state index in [2.05, 4.69) is 20.6 Å². The van der Waals surface area contributed by atoms with Crippen LogP contribution in [0.1, 0.15) is 17.2 Å². The van der Waals surface area contributed by atoms with Gasteiger partial charge in [0.1, 0.15) is 6.04 Å². The van der Waals surface area contributed by atoms with Crippen molar-refractivity contribution in [3.63, 3.8) is 0 Å². The summed E-state index contributed by atoms with van der Waals surface area (Å²) in [5, 5.41) is 23.9. The molecule has 0 spiro atoms. The highest BCUT2D eigenvalue weighted by Gasteiger charge is 2.47. The molecule has 0 radical (unpaired) electrons. The molecule has 8 nitrogen and oxygen atoms in total. The minimum atomic E-state index is -0.950. The Hall–Kier alpha value is -3.68. The lowest BCUT2D eigenvalue weighted by Crippen LogP contribution is -2.45. The van der Waals surface area contributed by atoms with E-state index in [1.165, 1.54) is 0 Å². The number of anilines is 1. The van der Waals surface area contributed by atoms with E-state index in [9.17, 15) is 14.7 Å². The van der Waals surface area contributed by atoms with Gasteiger partial charge < -0.3 is 10.4 Å². The summed E-state index contributed by atoms with van der Waals surface area (Å²) in [7, 11) is 0. The van der Waals surface area contributed by atoms with E-state index in [0.717, 1.165) is 11.1 Å². The lowest BCUT2D eigenvalue weighted by Gasteiger charge is -2.34. The number of carboxylic acid groups (broad SMARTS) is 1. The number of aromatic amines is 1.